The van der Waals surface area contributed by atoms with Crippen LogP contribution >= 0.6 is 0 Å². The third-order valence-electron chi connectivity index (χ3n) is 3.74. The maximum absolute atomic E-state index is 11.6. The SMILES string of the molecule is COC(=O)c1ccc(N2CC(O)CC2CN(C)C)nc1C. The number of nitrogens with zero attached hydrogens (tertiary/aromatic N) is 3. The number of hydrogen-bond acceptors (Lipinski definition) is 6. The van der Waals surface area contributed by atoms with Crippen molar-refractivity contribution in [1.29, 1.82) is 0 Å². The second-order valence-electron chi connectivity index (χ2n) is 5.75. The molecular weight excluding hydrogens is 270 g/mol. The number of methoxy groups -OCH3 is 1. The average Bonchev–Trinajstić information content (AvgIpc) is 2.77. The molecule has 1 aliphatic rings. The summed E-state index contributed by atoms with van der Waals surface area (Å²) in [7, 11) is 5.39. The molecule has 1 fully saturated rings. The molecule has 0 aromatic carbocycles. The predicted octanol–water partition coefficient (Wildman–Crippen LogP) is 0.678. The fourth-order valence-electron chi connectivity index (χ4n) is 2.80. The van der Waals surface area contributed by atoms with Crippen LogP contribution in [0.5, 0.6) is 0 Å². The number of pyridine rings is 1. The Balaban J connectivity index is 2.24. The van der Waals surface area contributed by atoms with Crippen LogP contribution in [0.4, 0.5) is 5.82 Å². The number of ether oxygens (including phenoxy) is 1. The first-order chi connectivity index (χ1) is 9.92. The number of esters is 1. The fraction of sp³-hybridized carbons (Fsp3) is 0.600. The number of carbonyl (C=O) groups excluding carboxylic acids is 1. The van der Waals surface area contributed by atoms with E-state index in [1.165, 1.54) is 7.11 Å². The van der Waals surface area contributed by atoms with E-state index in [0.717, 1.165) is 18.8 Å². The van der Waals surface area contributed by atoms with Gasteiger partial charge in [-0.15, -0.1) is 0 Å². The second-order valence-corrected chi connectivity index (χ2v) is 5.75. The summed E-state index contributed by atoms with van der Waals surface area (Å²) < 4.78 is 4.73. The molecule has 0 spiro atoms. The van der Waals surface area contributed by atoms with Crippen molar-refractivity contribution < 1.29 is 14.6 Å². The summed E-state index contributed by atoms with van der Waals surface area (Å²) in [5.74, 6) is 0.418. The molecule has 1 saturated heterocycles. The lowest BCUT2D eigenvalue weighted by molar-refractivity contribution is 0.0599. The molecule has 2 unspecified atom stereocenters. The Labute approximate surface area is 125 Å². The van der Waals surface area contributed by atoms with Gasteiger partial charge in [-0.1, -0.05) is 0 Å². The molecule has 0 bridgehead atoms. The van der Waals surface area contributed by atoms with E-state index < -0.39 is 0 Å². The van der Waals surface area contributed by atoms with E-state index in [9.17, 15) is 9.90 Å². The van der Waals surface area contributed by atoms with Crippen LogP contribution in [0.25, 0.3) is 0 Å². The van der Waals surface area contributed by atoms with Gasteiger partial charge < -0.3 is 19.6 Å². The van der Waals surface area contributed by atoms with Crippen LogP contribution in [0.15, 0.2) is 12.1 Å². The number of rotatable bonds is 4. The van der Waals surface area contributed by atoms with Crippen molar-refractivity contribution in [1.82, 2.24) is 9.88 Å². The third-order valence-corrected chi connectivity index (χ3v) is 3.74. The lowest BCUT2D eigenvalue weighted by atomic mass is 10.2. The molecule has 116 valence electrons. The van der Waals surface area contributed by atoms with Gasteiger partial charge in [-0.2, -0.15) is 0 Å². The highest BCUT2D eigenvalue weighted by molar-refractivity contribution is 5.90. The molecule has 0 saturated carbocycles. The van der Waals surface area contributed by atoms with Gasteiger partial charge in [-0.25, -0.2) is 9.78 Å². The summed E-state index contributed by atoms with van der Waals surface area (Å²) in [6.45, 7) is 3.22. The average molecular weight is 293 g/mol. The summed E-state index contributed by atoms with van der Waals surface area (Å²) in [5.41, 5.74) is 1.12. The number of aliphatic hydroxyl groups excluding tert-OH is 1. The third kappa shape index (κ3) is 3.51. The fourth-order valence-corrected chi connectivity index (χ4v) is 2.80. The van der Waals surface area contributed by atoms with Gasteiger partial charge >= 0.3 is 5.97 Å². The predicted molar refractivity (Wildman–Crippen MR) is 80.6 cm³/mol. The number of hydrogen-bond donors (Lipinski definition) is 1. The molecule has 1 aliphatic heterocycles. The summed E-state index contributed by atoms with van der Waals surface area (Å²) >= 11 is 0. The minimum absolute atomic E-state index is 0.228. The quantitative estimate of drug-likeness (QED) is 0.824. The Morgan fingerprint density at radius 2 is 2.24 bits per heavy atom. The van der Waals surface area contributed by atoms with E-state index in [-0.39, 0.29) is 18.1 Å². The van der Waals surface area contributed by atoms with Gasteiger partial charge in [0.2, 0.25) is 0 Å². The lowest BCUT2D eigenvalue weighted by Gasteiger charge is -2.28. The number of β-amino-alcohol motifs (C(OH)–C–C–N with tert-alkyl or cyclic N) is 1. The van der Waals surface area contributed by atoms with Crippen molar-refractivity contribution in [3.8, 4) is 0 Å². The van der Waals surface area contributed by atoms with Crippen molar-refractivity contribution in [3.05, 3.63) is 23.4 Å². The van der Waals surface area contributed by atoms with Crippen molar-refractivity contribution in [2.45, 2.75) is 25.5 Å². The van der Waals surface area contributed by atoms with Crippen molar-refractivity contribution in [2.75, 3.05) is 39.2 Å². The van der Waals surface area contributed by atoms with Crippen LogP contribution in [-0.2, 0) is 4.74 Å². The largest absolute Gasteiger partial charge is 0.465 e. The highest BCUT2D eigenvalue weighted by Gasteiger charge is 2.32. The van der Waals surface area contributed by atoms with Gasteiger partial charge in [0, 0.05) is 19.1 Å². The van der Waals surface area contributed by atoms with E-state index in [4.69, 9.17) is 4.74 Å². The first kappa shape index (κ1) is 15.7. The molecule has 0 amide bonds. The van der Waals surface area contributed by atoms with Crippen LogP contribution in [-0.4, -0.2) is 67.4 Å². The molecule has 2 heterocycles. The van der Waals surface area contributed by atoms with Gasteiger partial charge in [0.1, 0.15) is 5.82 Å². The molecule has 1 aromatic rings. The Morgan fingerprint density at radius 3 is 2.81 bits per heavy atom. The topological polar surface area (TPSA) is 65.9 Å². The minimum atomic E-state index is -0.377. The van der Waals surface area contributed by atoms with Gasteiger partial charge in [0.05, 0.1) is 24.5 Å². The van der Waals surface area contributed by atoms with Crippen LogP contribution in [0.3, 0.4) is 0 Å². The Kier molecular flexibility index (Phi) is 4.80. The van der Waals surface area contributed by atoms with Gasteiger partial charge in [-0.05, 0) is 39.6 Å². The summed E-state index contributed by atoms with van der Waals surface area (Å²) in [5, 5.41) is 9.93. The Bertz CT molecular complexity index is 519. The van der Waals surface area contributed by atoms with Crippen molar-refractivity contribution in [2.24, 2.45) is 0 Å². The standard InChI is InChI=1S/C15H23N3O3/c1-10-13(15(20)21-4)5-6-14(16-10)18-9-12(19)7-11(18)8-17(2)3/h5-6,11-12,19H,7-9H2,1-4H3. The number of likely N-dealkylation sites (N-methyl/N-ethyl adjacent to an activating group) is 1. The number of aryl methyl sites for hydroxylation is 1. The van der Waals surface area contributed by atoms with E-state index in [1.54, 1.807) is 13.0 Å². The molecule has 0 radical (unpaired) electrons. The first-order valence-corrected chi connectivity index (χ1v) is 7.07. The number of aliphatic hydroxyl groups is 1. The van der Waals surface area contributed by atoms with Crippen LogP contribution in [0.2, 0.25) is 0 Å². The Hall–Kier alpha value is -1.66. The van der Waals surface area contributed by atoms with E-state index in [1.807, 2.05) is 20.2 Å². The van der Waals surface area contributed by atoms with E-state index in [2.05, 4.69) is 14.8 Å². The monoisotopic (exact) mass is 293 g/mol. The molecule has 2 rings (SSSR count). The highest BCUT2D eigenvalue weighted by Crippen LogP contribution is 2.25. The zero-order valence-corrected chi connectivity index (χ0v) is 13.0. The van der Waals surface area contributed by atoms with Crippen LogP contribution < -0.4 is 4.90 Å². The van der Waals surface area contributed by atoms with Crippen molar-refractivity contribution in [3.63, 3.8) is 0 Å². The maximum Gasteiger partial charge on any atom is 0.339 e. The molecule has 6 heteroatoms. The lowest BCUT2D eigenvalue weighted by Crippen LogP contribution is -2.38. The number of carbonyl (C=O) groups is 1. The molecule has 1 aromatic heterocycles. The minimum Gasteiger partial charge on any atom is -0.465 e. The molecule has 0 aliphatic carbocycles. The summed E-state index contributed by atoms with van der Waals surface area (Å²) in [6.07, 6.45) is 0.398. The van der Waals surface area contributed by atoms with Gasteiger partial charge in [0.25, 0.3) is 0 Å². The Morgan fingerprint density at radius 1 is 1.52 bits per heavy atom. The zero-order valence-electron chi connectivity index (χ0n) is 13.0. The van der Waals surface area contributed by atoms with Crippen molar-refractivity contribution >= 4 is 11.8 Å². The van der Waals surface area contributed by atoms with Crippen LogP contribution in [0, 0.1) is 6.92 Å². The zero-order chi connectivity index (χ0) is 15.6. The van der Waals surface area contributed by atoms with E-state index >= 15 is 0 Å². The molecular formula is C15H23N3O3. The smallest absolute Gasteiger partial charge is 0.339 e. The summed E-state index contributed by atoms with van der Waals surface area (Å²) in [6, 6.07) is 3.78. The normalized spacial score (nSPS) is 21.9. The van der Waals surface area contributed by atoms with Gasteiger partial charge in [0.15, 0.2) is 0 Å². The highest BCUT2D eigenvalue weighted by atomic mass is 16.5. The van der Waals surface area contributed by atoms with E-state index in [0.29, 0.717) is 17.8 Å². The molecule has 6 nitrogen and oxygen atoms in total. The van der Waals surface area contributed by atoms with Crippen LogP contribution in [0.1, 0.15) is 22.5 Å². The maximum atomic E-state index is 11.6. The number of anilines is 1. The molecule has 1 N–H and O–H groups in total. The first-order valence-electron chi connectivity index (χ1n) is 7.07. The second kappa shape index (κ2) is 6.41. The molecule has 2 atom stereocenters. The molecule has 21 heavy (non-hydrogen) atoms. The number of aromatic nitrogens is 1. The van der Waals surface area contributed by atoms with Gasteiger partial charge in [-0.3, -0.25) is 0 Å². The summed E-state index contributed by atoms with van der Waals surface area (Å²) in [4.78, 5) is 20.3.